The van der Waals surface area contributed by atoms with Crippen LogP contribution in [0.3, 0.4) is 0 Å². The van der Waals surface area contributed by atoms with E-state index in [1.54, 1.807) is 0 Å². The third-order valence-corrected chi connectivity index (χ3v) is 3.00. The van der Waals surface area contributed by atoms with Gasteiger partial charge < -0.3 is 5.11 Å². The molecule has 1 heteroatoms. The van der Waals surface area contributed by atoms with Crippen molar-refractivity contribution in [2.75, 3.05) is 0 Å². The normalized spacial score (nSPS) is 13.3. The number of rotatable bonds is 4. The largest absolute Gasteiger partial charge is 0.389 e. The molecule has 1 atom stereocenters. The summed E-state index contributed by atoms with van der Waals surface area (Å²) in [5.74, 6) is 0. The second-order valence-electron chi connectivity index (χ2n) is 4.27. The van der Waals surface area contributed by atoms with Crippen molar-refractivity contribution < 1.29 is 5.11 Å². The van der Waals surface area contributed by atoms with Crippen LogP contribution in [-0.4, -0.2) is 11.2 Å². The lowest BCUT2D eigenvalue weighted by atomic mass is 9.99. The maximum Gasteiger partial charge on any atom is 0.0724 e. The lowest BCUT2D eigenvalue weighted by Gasteiger charge is -2.08. The molecule has 0 amide bonds. The number of aliphatic hydroxyl groups excluding tert-OH is 1. The Morgan fingerprint density at radius 1 is 1.12 bits per heavy atom. The highest BCUT2D eigenvalue weighted by atomic mass is 16.3. The van der Waals surface area contributed by atoms with E-state index in [4.69, 9.17) is 0 Å². The molecule has 0 heterocycles. The molecule has 88 valence electrons. The second-order valence-corrected chi connectivity index (χ2v) is 4.27. The maximum absolute atomic E-state index is 9.70. The Balaban J connectivity index is 2.18. The zero-order valence-corrected chi connectivity index (χ0v) is 10.1. The fraction of sp³-hybridized carbons (Fsp3) is 0.250. The Morgan fingerprint density at radius 2 is 1.88 bits per heavy atom. The highest BCUT2D eigenvalue weighted by Crippen LogP contribution is 2.20. The molecule has 0 saturated carbocycles. The van der Waals surface area contributed by atoms with E-state index in [0.717, 1.165) is 12.8 Å². The number of benzene rings is 2. The summed E-state index contributed by atoms with van der Waals surface area (Å²) in [6.07, 6.45) is 5.09. The summed E-state index contributed by atoms with van der Waals surface area (Å²) in [4.78, 5) is 0. The molecule has 2 rings (SSSR count). The van der Waals surface area contributed by atoms with Crippen LogP contribution in [0.4, 0.5) is 0 Å². The monoisotopic (exact) mass is 226 g/mol. The van der Waals surface area contributed by atoms with Crippen LogP contribution < -0.4 is 0 Å². The highest BCUT2D eigenvalue weighted by molar-refractivity contribution is 5.85. The minimum Gasteiger partial charge on any atom is -0.389 e. The number of aliphatic hydroxyl groups is 1. The molecule has 0 aliphatic carbocycles. The van der Waals surface area contributed by atoms with Gasteiger partial charge in [-0.05, 0) is 36.1 Å². The molecule has 2 aromatic rings. The number of hydrogen-bond acceptors (Lipinski definition) is 1. The van der Waals surface area contributed by atoms with Crippen molar-refractivity contribution in [3.63, 3.8) is 0 Å². The molecule has 0 aliphatic heterocycles. The van der Waals surface area contributed by atoms with Crippen LogP contribution in [0.2, 0.25) is 0 Å². The zero-order chi connectivity index (χ0) is 12.1. The van der Waals surface area contributed by atoms with Gasteiger partial charge in [0.1, 0.15) is 0 Å². The van der Waals surface area contributed by atoms with Gasteiger partial charge in [-0.25, -0.2) is 0 Å². The predicted molar refractivity (Wildman–Crippen MR) is 73.1 cm³/mol. The van der Waals surface area contributed by atoms with E-state index >= 15 is 0 Å². The first-order valence-corrected chi connectivity index (χ1v) is 6.09. The Labute approximate surface area is 102 Å². The Morgan fingerprint density at radius 3 is 2.71 bits per heavy atom. The Bertz CT molecular complexity index is 508. The maximum atomic E-state index is 9.70. The topological polar surface area (TPSA) is 20.2 Å². The first-order valence-electron chi connectivity index (χ1n) is 6.09. The van der Waals surface area contributed by atoms with Crippen LogP contribution in [0.25, 0.3) is 10.8 Å². The van der Waals surface area contributed by atoms with Gasteiger partial charge in [-0.15, -0.1) is 0 Å². The lowest BCUT2D eigenvalue weighted by molar-refractivity contribution is 0.213. The lowest BCUT2D eigenvalue weighted by Crippen LogP contribution is -2.03. The molecule has 2 aromatic carbocycles. The highest BCUT2D eigenvalue weighted by Gasteiger charge is 2.03. The first kappa shape index (κ1) is 11.9. The average molecular weight is 226 g/mol. The van der Waals surface area contributed by atoms with E-state index in [-0.39, 0.29) is 6.10 Å². The molecule has 0 saturated heterocycles. The minimum absolute atomic E-state index is 0.334. The minimum atomic E-state index is -0.334. The molecule has 0 spiro atoms. The summed E-state index contributed by atoms with van der Waals surface area (Å²) in [6.45, 7) is 1.93. The van der Waals surface area contributed by atoms with E-state index in [2.05, 4.69) is 42.5 Å². The number of fused-ring (bicyclic) bond motifs is 1. The van der Waals surface area contributed by atoms with Crippen LogP contribution in [-0.2, 0) is 6.42 Å². The third kappa shape index (κ3) is 2.95. The van der Waals surface area contributed by atoms with Crippen LogP contribution in [0, 0.1) is 0 Å². The fourth-order valence-corrected chi connectivity index (χ4v) is 2.13. The van der Waals surface area contributed by atoms with Gasteiger partial charge in [-0.3, -0.25) is 0 Å². The smallest absolute Gasteiger partial charge is 0.0724 e. The summed E-state index contributed by atoms with van der Waals surface area (Å²) < 4.78 is 0. The van der Waals surface area contributed by atoms with E-state index in [1.807, 2.05) is 19.1 Å². The molecule has 0 radical (unpaired) electrons. The van der Waals surface area contributed by atoms with Crippen molar-refractivity contribution in [2.45, 2.75) is 25.9 Å². The van der Waals surface area contributed by atoms with Gasteiger partial charge in [-0.1, -0.05) is 54.6 Å². The average Bonchev–Trinajstić information content (AvgIpc) is 2.36. The molecule has 0 fully saturated rings. The molecule has 1 N–H and O–H groups in total. The standard InChI is InChI=1S/C16H18O/c1-2-6-15(17)12-11-14-9-5-8-13-7-3-4-10-16(13)14/h2-10,15,17H,11-12H2,1H3/b6-2-/t15-/m0/s1. The molecule has 17 heavy (non-hydrogen) atoms. The second kappa shape index (κ2) is 5.65. The van der Waals surface area contributed by atoms with Crippen LogP contribution in [0.1, 0.15) is 18.9 Å². The predicted octanol–water partition coefficient (Wildman–Crippen LogP) is 3.71. The van der Waals surface area contributed by atoms with Crippen molar-refractivity contribution >= 4 is 10.8 Å². The molecular formula is C16H18O. The molecule has 0 bridgehead atoms. The Kier molecular flexibility index (Phi) is 3.94. The number of aryl methyl sites for hydroxylation is 1. The van der Waals surface area contributed by atoms with Gasteiger partial charge in [0.15, 0.2) is 0 Å². The van der Waals surface area contributed by atoms with Gasteiger partial charge in [0.2, 0.25) is 0 Å². The molecule has 0 aliphatic rings. The van der Waals surface area contributed by atoms with Gasteiger partial charge in [0.05, 0.1) is 6.10 Å². The van der Waals surface area contributed by atoms with Crippen molar-refractivity contribution in [3.8, 4) is 0 Å². The fourth-order valence-electron chi connectivity index (χ4n) is 2.13. The summed E-state index contributed by atoms with van der Waals surface area (Å²) in [5, 5.41) is 12.3. The number of allylic oxidation sites excluding steroid dienone is 1. The Hall–Kier alpha value is -1.60. The van der Waals surface area contributed by atoms with Gasteiger partial charge in [-0.2, -0.15) is 0 Å². The molecular weight excluding hydrogens is 208 g/mol. The van der Waals surface area contributed by atoms with Crippen molar-refractivity contribution in [1.82, 2.24) is 0 Å². The van der Waals surface area contributed by atoms with Crippen LogP contribution in [0.15, 0.2) is 54.6 Å². The van der Waals surface area contributed by atoms with Crippen LogP contribution >= 0.6 is 0 Å². The quantitative estimate of drug-likeness (QED) is 0.788. The molecule has 0 aromatic heterocycles. The van der Waals surface area contributed by atoms with E-state index < -0.39 is 0 Å². The SMILES string of the molecule is C/C=C\[C@H](O)CCc1cccc2ccccc12. The van der Waals surface area contributed by atoms with Crippen molar-refractivity contribution in [2.24, 2.45) is 0 Å². The van der Waals surface area contributed by atoms with Crippen molar-refractivity contribution in [1.29, 1.82) is 0 Å². The summed E-state index contributed by atoms with van der Waals surface area (Å²) in [5.41, 5.74) is 1.31. The van der Waals surface area contributed by atoms with E-state index in [1.165, 1.54) is 16.3 Å². The molecule has 0 unspecified atom stereocenters. The third-order valence-electron chi connectivity index (χ3n) is 3.00. The first-order chi connectivity index (χ1) is 8.31. The van der Waals surface area contributed by atoms with Crippen LogP contribution in [0.5, 0.6) is 0 Å². The zero-order valence-electron chi connectivity index (χ0n) is 10.1. The molecule has 1 nitrogen and oxygen atoms in total. The summed E-state index contributed by atoms with van der Waals surface area (Å²) in [6, 6.07) is 14.7. The van der Waals surface area contributed by atoms with Gasteiger partial charge in [0, 0.05) is 0 Å². The summed E-state index contributed by atoms with van der Waals surface area (Å²) in [7, 11) is 0. The van der Waals surface area contributed by atoms with Gasteiger partial charge in [0.25, 0.3) is 0 Å². The van der Waals surface area contributed by atoms with Crippen molar-refractivity contribution in [3.05, 3.63) is 60.2 Å². The summed E-state index contributed by atoms with van der Waals surface area (Å²) >= 11 is 0. The van der Waals surface area contributed by atoms with E-state index in [0.29, 0.717) is 0 Å². The van der Waals surface area contributed by atoms with Gasteiger partial charge >= 0.3 is 0 Å². The number of hydrogen-bond donors (Lipinski definition) is 1. The van der Waals surface area contributed by atoms with E-state index in [9.17, 15) is 5.11 Å².